The molecule has 0 radical (unpaired) electrons. The SMILES string of the molecule is COc1ccccc1CCNC(=O)c1ccnc(C(=O)NC2CC2)c1. The van der Waals surface area contributed by atoms with Gasteiger partial charge in [0.15, 0.2) is 0 Å². The highest BCUT2D eigenvalue weighted by molar-refractivity contribution is 5.98. The van der Waals surface area contributed by atoms with Gasteiger partial charge in [-0.2, -0.15) is 0 Å². The Morgan fingerprint density at radius 1 is 1.20 bits per heavy atom. The molecule has 1 aromatic heterocycles. The van der Waals surface area contributed by atoms with E-state index in [4.69, 9.17) is 4.74 Å². The van der Waals surface area contributed by atoms with Gasteiger partial charge in [-0.3, -0.25) is 14.6 Å². The van der Waals surface area contributed by atoms with Gasteiger partial charge in [0.05, 0.1) is 7.11 Å². The van der Waals surface area contributed by atoms with Crippen LogP contribution >= 0.6 is 0 Å². The van der Waals surface area contributed by atoms with Gasteiger partial charge in [0, 0.05) is 24.3 Å². The second-order valence-electron chi connectivity index (χ2n) is 6.00. The number of carbonyl (C=O) groups is 2. The first-order valence-electron chi connectivity index (χ1n) is 8.34. The van der Waals surface area contributed by atoms with Crippen LogP contribution in [0.25, 0.3) is 0 Å². The number of rotatable bonds is 7. The number of nitrogens with zero attached hydrogens (tertiary/aromatic N) is 1. The molecular formula is C19H21N3O3. The minimum Gasteiger partial charge on any atom is -0.496 e. The molecule has 1 fully saturated rings. The standard InChI is InChI=1S/C19H21N3O3/c1-25-17-5-3-2-4-13(17)8-11-21-18(23)14-9-10-20-16(12-14)19(24)22-15-6-7-15/h2-5,9-10,12,15H,6-8,11H2,1H3,(H,21,23)(H,22,24). The maximum absolute atomic E-state index is 12.3. The lowest BCUT2D eigenvalue weighted by Gasteiger charge is -2.09. The molecule has 6 heteroatoms. The fourth-order valence-electron chi connectivity index (χ4n) is 2.51. The molecule has 0 spiro atoms. The van der Waals surface area contributed by atoms with Crippen molar-refractivity contribution < 1.29 is 14.3 Å². The average Bonchev–Trinajstić information content (AvgIpc) is 3.46. The van der Waals surface area contributed by atoms with Crippen LogP contribution in [0.2, 0.25) is 0 Å². The van der Waals surface area contributed by atoms with Crippen molar-refractivity contribution in [1.82, 2.24) is 15.6 Å². The van der Waals surface area contributed by atoms with Gasteiger partial charge < -0.3 is 15.4 Å². The van der Waals surface area contributed by atoms with E-state index < -0.39 is 0 Å². The lowest BCUT2D eigenvalue weighted by Crippen LogP contribution is -2.28. The molecule has 1 saturated carbocycles. The van der Waals surface area contributed by atoms with Gasteiger partial charge in [0.25, 0.3) is 11.8 Å². The molecule has 2 aromatic rings. The van der Waals surface area contributed by atoms with Gasteiger partial charge in [-0.1, -0.05) is 18.2 Å². The third-order valence-corrected chi connectivity index (χ3v) is 4.04. The Bertz CT molecular complexity index is 772. The molecule has 0 atom stereocenters. The van der Waals surface area contributed by atoms with E-state index in [1.807, 2.05) is 24.3 Å². The quantitative estimate of drug-likeness (QED) is 0.808. The van der Waals surface area contributed by atoms with Crippen LogP contribution in [-0.2, 0) is 6.42 Å². The number of nitrogens with one attached hydrogen (secondary N) is 2. The molecule has 1 heterocycles. The van der Waals surface area contributed by atoms with Gasteiger partial charge in [-0.15, -0.1) is 0 Å². The number of benzene rings is 1. The summed E-state index contributed by atoms with van der Waals surface area (Å²) in [4.78, 5) is 28.4. The van der Waals surface area contributed by atoms with Crippen molar-refractivity contribution in [3.8, 4) is 5.75 Å². The predicted molar refractivity (Wildman–Crippen MR) is 93.8 cm³/mol. The van der Waals surface area contributed by atoms with E-state index in [-0.39, 0.29) is 23.6 Å². The fourth-order valence-corrected chi connectivity index (χ4v) is 2.51. The number of hydrogen-bond donors (Lipinski definition) is 2. The van der Waals surface area contributed by atoms with Crippen molar-refractivity contribution in [2.45, 2.75) is 25.3 Å². The summed E-state index contributed by atoms with van der Waals surface area (Å²) in [6, 6.07) is 11.1. The highest BCUT2D eigenvalue weighted by atomic mass is 16.5. The molecule has 2 N–H and O–H groups in total. The molecule has 1 aromatic carbocycles. The third kappa shape index (κ3) is 4.56. The van der Waals surface area contributed by atoms with Crippen LogP contribution in [0.4, 0.5) is 0 Å². The van der Waals surface area contributed by atoms with Crippen LogP contribution in [0.5, 0.6) is 5.75 Å². The Morgan fingerprint density at radius 3 is 2.76 bits per heavy atom. The summed E-state index contributed by atoms with van der Waals surface area (Å²) in [5, 5.41) is 5.73. The molecule has 0 aliphatic heterocycles. The molecule has 25 heavy (non-hydrogen) atoms. The van der Waals surface area contributed by atoms with Crippen molar-refractivity contribution in [1.29, 1.82) is 0 Å². The molecule has 0 saturated heterocycles. The van der Waals surface area contributed by atoms with E-state index in [1.54, 1.807) is 13.2 Å². The van der Waals surface area contributed by atoms with Crippen LogP contribution in [0.15, 0.2) is 42.6 Å². The predicted octanol–water partition coefficient (Wildman–Crippen LogP) is 1.95. The number of carbonyl (C=O) groups excluding carboxylic acids is 2. The van der Waals surface area contributed by atoms with Crippen molar-refractivity contribution in [3.63, 3.8) is 0 Å². The van der Waals surface area contributed by atoms with Crippen LogP contribution in [0.1, 0.15) is 39.3 Å². The highest BCUT2D eigenvalue weighted by Gasteiger charge is 2.24. The Labute approximate surface area is 146 Å². The summed E-state index contributed by atoms with van der Waals surface area (Å²) >= 11 is 0. The number of aromatic nitrogens is 1. The van der Waals surface area contributed by atoms with Crippen LogP contribution < -0.4 is 15.4 Å². The Kier molecular flexibility index (Phi) is 5.28. The summed E-state index contributed by atoms with van der Waals surface area (Å²) < 4.78 is 5.30. The Balaban J connectivity index is 1.56. The summed E-state index contributed by atoms with van der Waals surface area (Å²) in [6.07, 6.45) is 4.16. The van der Waals surface area contributed by atoms with E-state index in [1.165, 1.54) is 12.3 Å². The molecule has 1 aliphatic rings. The number of amides is 2. The molecule has 0 bridgehead atoms. The minimum atomic E-state index is -0.230. The van der Waals surface area contributed by atoms with Gasteiger partial charge in [0.1, 0.15) is 11.4 Å². The van der Waals surface area contributed by atoms with Crippen molar-refractivity contribution >= 4 is 11.8 Å². The number of pyridine rings is 1. The molecule has 1 aliphatic carbocycles. The average molecular weight is 339 g/mol. The first-order chi connectivity index (χ1) is 12.2. The molecule has 6 nitrogen and oxygen atoms in total. The Morgan fingerprint density at radius 2 is 2.00 bits per heavy atom. The normalized spacial score (nSPS) is 13.2. The smallest absolute Gasteiger partial charge is 0.270 e. The number of para-hydroxylation sites is 1. The highest BCUT2D eigenvalue weighted by Crippen LogP contribution is 2.19. The number of ether oxygens (including phenoxy) is 1. The van der Waals surface area contributed by atoms with E-state index in [0.717, 1.165) is 24.2 Å². The maximum atomic E-state index is 12.3. The van der Waals surface area contributed by atoms with Crippen LogP contribution in [0.3, 0.4) is 0 Å². The van der Waals surface area contributed by atoms with Crippen molar-refractivity contribution in [2.75, 3.05) is 13.7 Å². The minimum absolute atomic E-state index is 0.224. The fraction of sp³-hybridized carbons (Fsp3) is 0.316. The molecule has 2 amide bonds. The molecule has 0 unspecified atom stereocenters. The van der Waals surface area contributed by atoms with E-state index in [2.05, 4.69) is 15.6 Å². The second kappa shape index (κ2) is 7.79. The first kappa shape index (κ1) is 17.0. The number of hydrogen-bond acceptors (Lipinski definition) is 4. The van der Waals surface area contributed by atoms with Crippen molar-refractivity contribution in [3.05, 3.63) is 59.4 Å². The summed E-state index contributed by atoms with van der Waals surface area (Å²) in [5.74, 6) is 0.351. The zero-order valence-electron chi connectivity index (χ0n) is 14.1. The molecule has 130 valence electrons. The molecular weight excluding hydrogens is 318 g/mol. The van der Waals surface area contributed by atoms with Gasteiger partial charge in [-0.05, 0) is 43.0 Å². The van der Waals surface area contributed by atoms with Crippen LogP contribution in [-0.4, -0.2) is 36.5 Å². The van der Waals surface area contributed by atoms with Gasteiger partial charge in [0.2, 0.25) is 0 Å². The topological polar surface area (TPSA) is 80.3 Å². The lowest BCUT2D eigenvalue weighted by atomic mass is 10.1. The van der Waals surface area contributed by atoms with Crippen molar-refractivity contribution in [2.24, 2.45) is 0 Å². The summed E-state index contributed by atoms with van der Waals surface area (Å²) in [5.41, 5.74) is 1.73. The maximum Gasteiger partial charge on any atom is 0.270 e. The van der Waals surface area contributed by atoms with E-state index in [0.29, 0.717) is 18.5 Å². The summed E-state index contributed by atoms with van der Waals surface area (Å²) in [7, 11) is 1.63. The number of methoxy groups -OCH3 is 1. The second-order valence-corrected chi connectivity index (χ2v) is 6.00. The van der Waals surface area contributed by atoms with E-state index in [9.17, 15) is 9.59 Å². The zero-order valence-corrected chi connectivity index (χ0v) is 14.1. The van der Waals surface area contributed by atoms with Crippen LogP contribution in [0, 0.1) is 0 Å². The lowest BCUT2D eigenvalue weighted by molar-refractivity contribution is 0.0946. The largest absolute Gasteiger partial charge is 0.496 e. The monoisotopic (exact) mass is 339 g/mol. The van der Waals surface area contributed by atoms with Gasteiger partial charge >= 0.3 is 0 Å². The van der Waals surface area contributed by atoms with Gasteiger partial charge in [-0.25, -0.2) is 0 Å². The zero-order chi connectivity index (χ0) is 17.6. The third-order valence-electron chi connectivity index (χ3n) is 4.04. The molecule has 3 rings (SSSR count). The first-order valence-corrected chi connectivity index (χ1v) is 8.34. The van der Waals surface area contributed by atoms with E-state index >= 15 is 0 Å². The summed E-state index contributed by atoms with van der Waals surface area (Å²) in [6.45, 7) is 0.477. The Hall–Kier alpha value is -2.89.